The second-order valence-corrected chi connectivity index (χ2v) is 8.50. The Bertz CT molecular complexity index is 1120. The molecule has 1 aromatic heterocycles. The van der Waals surface area contributed by atoms with Gasteiger partial charge in [0.25, 0.3) is 0 Å². The summed E-state index contributed by atoms with van der Waals surface area (Å²) in [7, 11) is -3.99. The van der Waals surface area contributed by atoms with Crippen LogP contribution in [0.15, 0.2) is 53.4 Å². The molecule has 3 aromatic rings. The first-order valence-corrected chi connectivity index (χ1v) is 10.6. The third-order valence-corrected chi connectivity index (χ3v) is 6.20. The predicted octanol–water partition coefficient (Wildman–Crippen LogP) is 4.16. The zero-order valence-corrected chi connectivity index (χ0v) is 16.6. The topological polar surface area (TPSA) is 92.9 Å². The molecule has 6 nitrogen and oxygen atoms in total. The molecule has 0 saturated carbocycles. The van der Waals surface area contributed by atoms with Crippen molar-refractivity contribution in [2.24, 2.45) is 0 Å². The lowest BCUT2D eigenvalue weighted by molar-refractivity contribution is 0.294. The van der Waals surface area contributed by atoms with Gasteiger partial charge in [0.2, 0.25) is 15.7 Å². The molecular weight excluding hydrogens is 374 g/mol. The van der Waals surface area contributed by atoms with Crippen molar-refractivity contribution in [1.82, 2.24) is 9.97 Å². The highest BCUT2D eigenvalue weighted by atomic mass is 32.2. The smallest absolute Gasteiger partial charge is 0.238 e. The van der Waals surface area contributed by atoms with Crippen LogP contribution in [0.5, 0.6) is 5.88 Å². The number of ether oxygens (including phenoxy) is 1. The van der Waals surface area contributed by atoms with E-state index in [0.29, 0.717) is 17.6 Å². The number of benzene rings is 2. The highest BCUT2D eigenvalue weighted by Crippen LogP contribution is 2.33. The average Bonchev–Trinajstić information content (AvgIpc) is 2.69. The van der Waals surface area contributed by atoms with Gasteiger partial charge in [-0.1, -0.05) is 43.2 Å². The number of nitriles is 1. The van der Waals surface area contributed by atoms with Crippen LogP contribution in [0, 0.1) is 18.3 Å². The Labute approximate surface area is 164 Å². The summed E-state index contributed by atoms with van der Waals surface area (Å²) >= 11 is 0. The minimum atomic E-state index is -3.99. The van der Waals surface area contributed by atoms with Crippen LogP contribution in [0.1, 0.15) is 36.3 Å². The molecule has 0 bridgehead atoms. The molecule has 1 unspecified atom stereocenters. The molecule has 0 aliphatic rings. The summed E-state index contributed by atoms with van der Waals surface area (Å²) in [6.45, 7) is 4.27. The number of hydrogen-bond acceptors (Lipinski definition) is 6. The first-order chi connectivity index (χ1) is 13.5. The fourth-order valence-electron chi connectivity index (χ4n) is 2.73. The van der Waals surface area contributed by atoms with Gasteiger partial charge in [0.05, 0.1) is 28.6 Å². The van der Waals surface area contributed by atoms with Gasteiger partial charge >= 0.3 is 0 Å². The van der Waals surface area contributed by atoms with Gasteiger partial charge in [0.1, 0.15) is 5.69 Å². The molecule has 144 valence electrons. The van der Waals surface area contributed by atoms with Gasteiger partial charge in [-0.2, -0.15) is 5.26 Å². The normalized spacial score (nSPS) is 12.5. The van der Waals surface area contributed by atoms with Gasteiger partial charge in [0, 0.05) is 0 Å². The fraction of sp³-hybridized carbons (Fsp3) is 0.286. The van der Waals surface area contributed by atoms with E-state index in [1.165, 1.54) is 12.1 Å². The molecule has 0 spiro atoms. The maximum atomic E-state index is 13.1. The van der Waals surface area contributed by atoms with Crippen molar-refractivity contribution in [2.75, 3.05) is 6.61 Å². The van der Waals surface area contributed by atoms with E-state index >= 15 is 0 Å². The van der Waals surface area contributed by atoms with Crippen LogP contribution in [-0.4, -0.2) is 25.0 Å². The number of aromatic nitrogens is 2. The first-order valence-electron chi connectivity index (χ1n) is 9.07. The number of unbranched alkanes of at least 4 members (excludes halogenated alkanes) is 1. The van der Waals surface area contributed by atoms with Gasteiger partial charge in [0.15, 0.2) is 5.25 Å². The van der Waals surface area contributed by atoms with Crippen molar-refractivity contribution in [3.05, 3.63) is 59.8 Å². The molecule has 1 heterocycles. The van der Waals surface area contributed by atoms with E-state index in [1.807, 2.05) is 26.0 Å². The number of sulfone groups is 1. The van der Waals surface area contributed by atoms with Gasteiger partial charge in [-0.05, 0) is 37.6 Å². The molecule has 2 aromatic carbocycles. The molecule has 0 fully saturated rings. The summed E-state index contributed by atoms with van der Waals surface area (Å²) in [5, 5.41) is 8.24. The second kappa shape index (κ2) is 8.36. The standard InChI is InChI=1S/C21H21N3O3S/c1-3-4-13-27-21-20(23-17-7-5-6-8-18(17)24-21)19(14-22)28(25,26)16-11-9-15(2)10-12-16/h5-12,19H,3-4,13H2,1-2H3. The molecule has 3 rings (SSSR count). The van der Waals surface area contributed by atoms with E-state index in [-0.39, 0.29) is 16.5 Å². The van der Waals surface area contributed by atoms with Crippen LogP contribution >= 0.6 is 0 Å². The van der Waals surface area contributed by atoms with E-state index in [1.54, 1.807) is 30.3 Å². The molecule has 0 N–H and O–H groups in total. The molecule has 28 heavy (non-hydrogen) atoms. The number of para-hydroxylation sites is 2. The molecule has 0 radical (unpaired) electrons. The summed E-state index contributed by atoms with van der Waals surface area (Å²) in [6.07, 6.45) is 1.70. The quantitative estimate of drug-likeness (QED) is 0.558. The largest absolute Gasteiger partial charge is 0.476 e. The summed E-state index contributed by atoms with van der Waals surface area (Å²) in [5.74, 6) is 0.0920. The Hall–Kier alpha value is -2.98. The number of nitrogens with zero attached hydrogens (tertiary/aromatic N) is 3. The third-order valence-electron chi connectivity index (χ3n) is 4.33. The molecule has 7 heteroatoms. The zero-order chi connectivity index (χ0) is 20.1. The SMILES string of the molecule is CCCCOc1nc2ccccc2nc1C(C#N)S(=O)(=O)c1ccc(C)cc1. The summed E-state index contributed by atoms with van der Waals surface area (Å²) < 4.78 is 32.0. The van der Waals surface area contributed by atoms with Crippen molar-refractivity contribution >= 4 is 20.9 Å². The van der Waals surface area contributed by atoms with Crippen LogP contribution in [0.2, 0.25) is 0 Å². The highest BCUT2D eigenvalue weighted by molar-refractivity contribution is 7.92. The van der Waals surface area contributed by atoms with Gasteiger partial charge in [-0.15, -0.1) is 0 Å². The summed E-state index contributed by atoms with van der Waals surface area (Å²) in [6, 6.07) is 15.4. The van der Waals surface area contributed by atoms with Gasteiger partial charge < -0.3 is 4.74 Å². The molecular formula is C21H21N3O3S. The van der Waals surface area contributed by atoms with Crippen molar-refractivity contribution in [2.45, 2.75) is 36.8 Å². The predicted molar refractivity (Wildman–Crippen MR) is 107 cm³/mol. The Morgan fingerprint density at radius 1 is 1.07 bits per heavy atom. The van der Waals surface area contributed by atoms with E-state index in [0.717, 1.165) is 18.4 Å². The van der Waals surface area contributed by atoms with Crippen LogP contribution in [0.4, 0.5) is 0 Å². The lowest BCUT2D eigenvalue weighted by Gasteiger charge is -2.15. The van der Waals surface area contributed by atoms with E-state index in [2.05, 4.69) is 9.97 Å². The van der Waals surface area contributed by atoms with Crippen LogP contribution in [-0.2, 0) is 9.84 Å². The molecule has 0 aliphatic carbocycles. The highest BCUT2D eigenvalue weighted by Gasteiger charge is 2.34. The summed E-state index contributed by atoms with van der Waals surface area (Å²) in [5.41, 5.74) is 2.06. The molecule has 1 atom stereocenters. The Morgan fingerprint density at radius 3 is 2.32 bits per heavy atom. The zero-order valence-electron chi connectivity index (χ0n) is 15.8. The first kappa shape index (κ1) is 19.8. The number of aryl methyl sites for hydroxylation is 1. The Kier molecular flexibility index (Phi) is 5.90. The second-order valence-electron chi connectivity index (χ2n) is 6.47. The fourth-order valence-corrected chi connectivity index (χ4v) is 4.10. The Morgan fingerprint density at radius 2 is 1.71 bits per heavy atom. The number of rotatable bonds is 7. The monoisotopic (exact) mass is 395 g/mol. The van der Waals surface area contributed by atoms with Crippen molar-refractivity contribution in [3.8, 4) is 11.9 Å². The molecule has 0 saturated heterocycles. The van der Waals surface area contributed by atoms with Crippen molar-refractivity contribution in [1.29, 1.82) is 5.26 Å². The number of hydrogen-bond donors (Lipinski definition) is 0. The van der Waals surface area contributed by atoms with Crippen LogP contribution in [0.3, 0.4) is 0 Å². The van der Waals surface area contributed by atoms with E-state index < -0.39 is 15.1 Å². The minimum Gasteiger partial charge on any atom is -0.476 e. The lowest BCUT2D eigenvalue weighted by atomic mass is 10.2. The maximum Gasteiger partial charge on any atom is 0.238 e. The molecule has 0 amide bonds. The minimum absolute atomic E-state index is 0.0258. The van der Waals surface area contributed by atoms with Crippen LogP contribution in [0.25, 0.3) is 11.0 Å². The Balaban J connectivity index is 2.13. The third kappa shape index (κ3) is 3.97. The summed E-state index contributed by atoms with van der Waals surface area (Å²) in [4.78, 5) is 8.95. The lowest BCUT2D eigenvalue weighted by Crippen LogP contribution is -2.16. The molecule has 0 aliphatic heterocycles. The van der Waals surface area contributed by atoms with Gasteiger partial charge in [-0.25, -0.2) is 18.4 Å². The van der Waals surface area contributed by atoms with E-state index in [9.17, 15) is 13.7 Å². The van der Waals surface area contributed by atoms with Crippen molar-refractivity contribution in [3.63, 3.8) is 0 Å². The van der Waals surface area contributed by atoms with Crippen molar-refractivity contribution < 1.29 is 13.2 Å². The van der Waals surface area contributed by atoms with Gasteiger partial charge in [-0.3, -0.25) is 0 Å². The maximum absolute atomic E-state index is 13.1. The van der Waals surface area contributed by atoms with Crippen LogP contribution < -0.4 is 4.74 Å². The average molecular weight is 395 g/mol. The number of fused-ring (bicyclic) bond motifs is 1. The van der Waals surface area contributed by atoms with E-state index in [4.69, 9.17) is 4.74 Å².